The number of hydrogen-bond donors (Lipinski definition) is 1. The molecule has 0 saturated carbocycles. The van der Waals surface area contributed by atoms with E-state index in [1.54, 1.807) is 30.6 Å². The number of fused-ring (bicyclic) bond motifs is 1. The summed E-state index contributed by atoms with van der Waals surface area (Å²) in [6.07, 6.45) is 6.65. The van der Waals surface area contributed by atoms with Gasteiger partial charge in [0.15, 0.2) is 11.5 Å². The molecule has 1 amide bonds. The quantitative estimate of drug-likeness (QED) is 0.581. The molecule has 4 rings (SSSR count). The van der Waals surface area contributed by atoms with Gasteiger partial charge in [-0.05, 0) is 29.8 Å². The third kappa shape index (κ3) is 5.10. The molecule has 1 N–H and O–H groups in total. The zero-order chi connectivity index (χ0) is 20.8. The summed E-state index contributed by atoms with van der Waals surface area (Å²) >= 11 is 6.22. The Morgan fingerprint density at radius 1 is 1.13 bits per heavy atom. The van der Waals surface area contributed by atoms with Crippen LogP contribution in [0.4, 0.5) is 5.69 Å². The summed E-state index contributed by atoms with van der Waals surface area (Å²) in [6, 6.07) is 14.6. The molecule has 0 spiro atoms. The number of nitrogens with one attached hydrogen (secondary N) is 1. The number of pyridine rings is 1. The van der Waals surface area contributed by atoms with Gasteiger partial charge in [0, 0.05) is 36.2 Å². The van der Waals surface area contributed by atoms with E-state index in [1.807, 2.05) is 36.4 Å². The predicted octanol–water partition coefficient (Wildman–Crippen LogP) is 4.74. The van der Waals surface area contributed by atoms with Gasteiger partial charge in [-0.3, -0.25) is 9.78 Å². The summed E-state index contributed by atoms with van der Waals surface area (Å²) in [7, 11) is 0. The lowest BCUT2D eigenvalue weighted by Gasteiger charge is -2.19. The van der Waals surface area contributed by atoms with Crippen molar-refractivity contribution in [3.63, 3.8) is 0 Å². The van der Waals surface area contributed by atoms with Crippen LogP contribution in [0.2, 0.25) is 5.02 Å². The molecular formula is C23H19ClN2O4. The van der Waals surface area contributed by atoms with Crippen LogP contribution in [0.15, 0.2) is 67.0 Å². The molecular weight excluding hydrogens is 404 g/mol. The van der Waals surface area contributed by atoms with Crippen LogP contribution in [0, 0.1) is 0 Å². The Balaban J connectivity index is 1.34. The van der Waals surface area contributed by atoms with Gasteiger partial charge in [-0.2, -0.15) is 0 Å². The topological polar surface area (TPSA) is 69.7 Å². The molecule has 1 aliphatic heterocycles. The van der Waals surface area contributed by atoms with Crippen molar-refractivity contribution in [3.8, 4) is 17.2 Å². The first-order valence-corrected chi connectivity index (χ1v) is 9.75. The monoisotopic (exact) mass is 422 g/mol. The largest absolute Gasteiger partial charge is 0.489 e. The minimum Gasteiger partial charge on any atom is -0.489 e. The number of aromatic nitrogens is 1. The maximum atomic E-state index is 12.3. The van der Waals surface area contributed by atoms with E-state index in [0.29, 0.717) is 42.0 Å². The van der Waals surface area contributed by atoms with Crippen molar-refractivity contribution in [1.29, 1.82) is 0 Å². The minimum atomic E-state index is -0.300. The highest BCUT2D eigenvalue weighted by Crippen LogP contribution is 2.37. The van der Waals surface area contributed by atoms with Crippen LogP contribution < -0.4 is 19.5 Å². The molecule has 2 aromatic carbocycles. The zero-order valence-electron chi connectivity index (χ0n) is 16.0. The van der Waals surface area contributed by atoms with Crippen LogP contribution >= 0.6 is 11.6 Å². The summed E-state index contributed by atoms with van der Waals surface area (Å²) in [5.74, 6) is 1.58. The number of rotatable bonds is 6. The molecule has 6 nitrogen and oxygen atoms in total. The number of nitrogens with zero attached hydrogens (tertiary/aromatic N) is 1. The standard InChI is InChI=1S/C23H19ClN2O4/c24-19-12-21-22(29-11-10-28-21)13-20(19)26-23(27)8-5-16-3-6-18(7-4-16)30-15-17-2-1-9-25-14-17/h1-9,12-14H,10-11,15H2,(H,26,27)/b8-5+. The molecule has 1 aromatic heterocycles. The number of hydrogen-bond acceptors (Lipinski definition) is 5. The molecule has 1 aliphatic rings. The Hall–Kier alpha value is -3.51. The molecule has 0 aliphatic carbocycles. The van der Waals surface area contributed by atoms with E-state index >= 15 is 0 Å². The van der Waals surface area contributed by atoms with Gasteiger partial charge in [-0.15, -0.1) is 0 Å². The van der Waals surface area contributed by atoms with Gasteiger partial charge in [0.2, 0.25) is 5.91 Å². The summed E-state index contributed by atoms with van der Waals surface area (Å²) in [5, 5.41) is 3.14. The second kappa shape index (κ2) is 9.33. The van der Waals surface area contributed by atoms with Gasteiger partial charge in [-0.1, -0.05) is 29.8 Å². The maximum absolute atomic E-state index is 12.3. The van der Waals surface area contributed by atoms with Gasteiger partial charge >= 0.3 is 0 Å². The molecule has 152 valence electrons. The fourth-order valence-corrected chi connectivity index (χ4v) is 3.03. The van der Waals surface area contributed by atoms with E-state index in [-0.39, 0.29) is 5.91 Å². The first-order chi connectivity index (χ1) is 14.7. The van der Waals surface area contributed by atoms with E-state index in [9.17, 15) is 4.79 Å². The summed E-state index contributed by atoms with van der Waals surface area (Å²) in [4.78, 5) is 16.3. The van der Waals surface area contributed by atoms with Crippen molar-refractivity contribution in [2.45, 2.75) is 6.61 Å². The van der Waals surface area contributed by atoms with Gasteiger partial charge in [0.25, 0.3) is 0 Å². The summed E-state index contributed by atoms with van der Waals surface area (Å²) in [5.41, 5.74) is 2.33. The Bertz CT molecular complexity index is 1050. The highest BCUT2D eigenvalue weighted by molar-refractivity contribution is 6.34. The van der Waals surface area contributed by atoms with Crippen LogP contribution in [-0.4, -0.2) is 24.1 Å². The van der Waals surface area contributed by atoms with Crippen molar-refractivity contribution in [2.24, 2.45) is 0 Å². The highest BCUT2D eigenvalue weighted by atomic mass is 35.5. The Kier molecular flexibility index (Phi) is 6.15. The fraction of sp³-hybridized carbons (Fsp3) is 0.130. The van der Waals surface area contributed by atoms with Gasteiger partial charge in [-0.25, -0.2) is 0 Å². The predicted molar refractivity (Wildman–Crippen MR) is 115 cm³/mol. The molecule has 0 unspecified atom stereocenters. The van der Waals surface area contributed by atoms with E-state index in [2.05, 4.69) is 10.3 Å². The number of halogens is 1. The average molecular weight is 423 g/mol. The van der Waals surface area contributed by atoms with Crippen LogP contribution in [-0.2, 0) is 11.4 Å². The molecule has 0 fully saturated rings. The van der Waals surface area contributed by atoms with E-state index in [4.69, 9.17) is 25.8 Å². The van der Waals surface area contributed by atoms with Crippen molar-refractivity contribution < 1.29 is 19.0 Å². The van der Waals surface area contributed by atoms with Crippen LogP contribution in [0.3, 0.4) is 0 Å². The molecule has 30 heavy (non-hydrogen) atoms. The third-order valence-electron chi connectivity index (χ3n) is 4.33. The van der Waals surface area contributed by atoms with Gasteiger partial charge < -0.3 is 19.5 Å². The second-order valence-electron chi connectivity index (χ2n) is 6.52. The van der Waals surface area contributed by atoms with E-state index < -0.39 is 0 Å². The van der Waals surface area contributed by atoms with Crippen molar-refractivity contribution in [1.82, 2.24) is 4.98 Å². The molecule has 7 heteroatoms. The van der Waals surface area contributed by atoms with Crippen LogP contribution in [0.25, 0.3) is 6.08 Å². The van der Waals surface area contributed by atoms with Crippen molar-refractivity contribution in [2.75, 3.05) is 18.5 Å². The Morgan fingerprint density at radius 3 is 2.63 bits per heavy atom. The zero-order valence-corrected chi connectivity index (χ0v) is 16.8. The number of carbonyl (C=O) groups is 1. The number of amides is 1. The second-order valence-corrected chi connectivity index (χ2v) is 6.92. The Morgan fingerprint density at radius 2 is 1.90 bits per heavy atom. The molecule has 0 radical (unpaired) electrons. The van der Waals surface area contributed by atoms with Gasteiger partial charge in [0.1, 0.15) is 25.6 Å². The minimum absolute atomic E-state index is 0.300. The molecule has 0 saturated heterocycles. The number of carbonyl (C=O) groups excluding carboxylic acids is 1. The molecule has 2 heterocycles. The lowest BCUT2D eigenvalue weighted by molar-refractivity contribution is -0.111. The number of benzene rings is 2. The maximum Gasteiger partial charge on any atom is 0.248 e. The van der Waals surface area contributed by atoms with Gasteiger partial charge in [0.05, 0.1) is 10.7 Å². The van der Waals surface area contributed by atoms with E-state index in [0.717, 1.165) is 16.9 Å². The van der Waals surface area contributed by atoms with E-state index in [1.165, 1.54) is 6.08 Å². The smallest absolute Gasteiger partial charge is 0.248 e. The lowest BCUT2D eigenvalue weighted by atomic mass is 10.2. The average Bonchev–Trinajstić information content (AvgIpc) is 2.78. The highest BCUT2D eigenvalue weighted by Gasteiger charge is 2.15. The normalized spacial score (nSPS) is 12.6. The molecule has 0 atom stereocenters. The first kappa shape index (κ1) is 19.8. The summed E-state index contributed by atoms with van der Waals surface area (Å²) in [6.45, 7) is 1.39. The number of anilines is 1. The fourth-order valence-electron chi connectivity index (χ4n) is 2.83. The van der Waals surface area contributed by atoms with Crippen LogP contribution in [0.5, 0.6) is 17.2 Å². The third-order valence-corrected chi connectivity index (χ3v) is 4.64. The van der Waals surface area contributed by atoms with Crippen LogP contribution in [0.1, 0.15) is 11.1 Å². The SMILES string of the molecule is O=C(/C=C/c1ccc(OCc2cccnc2)cc1)Nc1cc2c(cc1Cl)OCCO2. The first-order valence-electron chi connectivity index (χ1n) is 9.37. The summed E-state index contributed by atoms with van der Waals surface area (Å²) < 4.78 is 16.7. The lowest BCUT2D eigenvalue weighted by Crippen LogP contribution is -2.16. The van der Waals surface area contributed by atoms with Crippen molar-refractivity contribution >= 4 is 29.3 Å². The number of ether oxygens (including phenoxy) is 3. The van der Waals surface area contributed by atoms with Crippen molar-refractivity contribution in [3.05, 3.63) is 83.2 Å². The molecule has 0 bridgehead atoms. The molecule has 3 aromatic rings. The Labute approximate surface area is 179 Å².